The second-order valence-electron chi connectivity index (χ2n) is 3.16. The number of halogens is 1. The predicted molar refractivity (Wildman–Crippen MR) is 49.3 cm³/mol. The molecular formula is C9H7FO4S. The molecule has 15 heavy (non-hydrogen) atoms. The first kappa shape index (κ1) is 10.1. The molecule has 0 spiro atoms. The zero-order valence-corrected chi connectivity index (χ0v) is 8.60. The van der Waals surface area contributed by atoms with Crippen molar-refractivity contribution in [3.05, 3.63) is 23.5 Å². The number of Topliss-reactive ketones (excluding diaryl/α,β-unsaturated/α-hetero) is 1. The Morgan fingerprint density at radius 1 is 1.40 bits per heavy atom. The standard InChI is InChI=1S/C9H7FO4S/c1-14-5-2-6(10)9-7(11)4-15(12,13)8(9)3-5/h2-3H,4H2,1H3. The third-order valence-electron chi connectivity index (χ3n) is 2.20. The van der Waals surface area contributed by atoms with Gasteiger partial charge < -0.3 is 4.74 Å². The van der Waals surface area contributed by atoms with Crippen molar-refractivity contribution in [3.63, 3.8) is 0 Å². The highest BCUT2D eigenvalue weighted by molar-refractivity contribution is 7.92. The van der Waals surface area contributed by atoms with Gasteiger partial charge in [-0.25, -0.2) is 12.8 Å². The maximum Gasteiger partial charge on any atom is 0.186 e. The van der Waals surface area contributed by atoms with E-state index in [2.05, 4.69) is 0 Å². The Bertz CT molecular complexity index is 547. The van der Waals surface area contributed by atoms with Crippen LogP contribution < -0.4 is 4.74 Å². The normalized spacial score (nSPS) is 17.6. The lowest BCUT2D eigenvalue weighted by Gasteiger charge is -2.03. The van der Waals surface area contributed by atoms with Crippen LogP contribution in [-0.4, -0.2) is 27.1 Å². The third-order valence-corrected chi connectivity index (χ3v) is 3.83. The van der Waals surface area contributed by atoms with Gasteiger partial charge in [0, 0.05) is 6.07 Å². The van der Waals surface area contributed by atoms with E-state index < -0.39 is 27.2 Å². The lowest BCUT2D eigenvalue weighted by Crippen LogP contribution is -2.03. The summed E-state index contributed by atoms with van der Waals surface area (Å²) in [6, 6.07) is 2.16. The van der Waals surface area contributed by atoms with Gasteiger partial charge in [0.1, 0.15) is 17.3 Å². The number of ketones is 1. The van der Waals surface area contributed by atoms with Crippen LogP contribution in [0.2, 0.25) is 0 Å². The van der Waals surface area contributed by atoms with Gasteiger partial charge in [-0.05, 0) is 6.07 Å². The van der Waals surface area contributed by atoms with Gasteiger partial charge in [0.15, 0.2) is 15.6 Å². The minimum atomic E-state index is -3.68. The molecule has 1 heterocycles. The van der Waals surface area contributed by atoms with Crippen molar-refractivity contribution in [2.24, 2.45) is 0 Å². The van der Waals surface area contributed by atoms with Crippen molar-refractivity contribution in [3.8, 4) is 5.75 Å². The van der Waals surface area contributed by atoms with E-state index in [1.807, 2.05) is 0 Å². The molecule has 0 aromatic heterocycles. The molecule has 0 saturated heterocycles. The molecule has 4 nitrogen and oxygen atoms in total. The molecule has 1 aromatic carbocycles. The average molecular weight is 230 g/mol. The zero-order chi connectivity index (χ0) is 11.2. The fourth-order valence-corrected chi connectivity index (χ4v) is 2.98. The van der Waals surface area contributed by atoms with E-state index in [4.69, 9.17) is 4.74 Å². The quantitative estimate of drug-likeness (QED) is 0.716. The fraction of sp³-hybridized carbons (Fsp3) is 0.222. The van der Waals surface area contributed by atoms with E-state index in [0.29, 0.717) is 0 Å². The number of carbonyl (C=O) groups excluding carboxylic acids is 1. The Labute approximate surface area is 85.6 Å². The molecule has 2 rings (SSSR count). The van der Waals surface area contributed by atoms with Crippen LogP contribution in [0, 0.1) is 5.82 Å². The Hall–Kier alpha value is -1.43. The molecule has 0 bridgehead atoms. The highest BCUT2D eigenvalue weighted by Gasteiger charge is 2.36. The molecule has 0 radical (unpaired) electrons. The van der Waals surface area contributed by atoms with Gasteiger partial charge in [-0.1, -0.05) is 0 Å². The van der Waals surface area contributed by atoms with Crippen LogP contribution in [0.3, 0.4) is 0 Å². The molecule has 1 aliphatic rings. The smallest absolute Gasteiger partial charge is 0.186 e. The van der Waals surface area contributed by atoms with Crippen LogP contribution in [0.5, 0.6) is 5.75 Å². The van der Waals surface area contributed by atoms with Crippen LogP contribution in [0.1, 0.15) is 10.4 Å². The minimum Gasteiger partial charge on any atom is -0.497 e. The second kappa shape index (κ2) is 3.03. The SMILES string of the molecule is COc1cc(F)c2c(c1)S(=O)(=O)CC2=O. The van der Waals surface area contributed by atoms with E-state index in [9.17, 15) is 17.6 Å². The predicted octanol–water partition coefficient (Wildman–Crippen LogP) is 0.804. The first-order valence-corrected chi connectivity index (χ1v) is 5.74. The third kappa shape index (κ3) is 1.41. The lowest BCUT2D eigenvalue weighted by molar-refractivity contribution is 0.101. The largest absolute Gasteiger partial charge is 0.497 e. The van der Waals surface area contributed by atoms with Gasteiger partial charge in [-0.3, -0.25) is 4.79 Å². The van der Waals surface area contributed by atoms with Gasteiger partial charge in [0.2, 0.25) is 0 Å². The summed E-state index contributed by atoms with van der Waals surface area (Å²) in [4.78, 5) is 11.0. The Morgan fingerprint density at radius 3 is 2.67 bits per heavy atom. The van der Waals surface area contributed by atoms with E-state index in [1.54, 1.807) is 0 Å². The minimum absolute atomic E-state index is 0.0875. The Balaban J connectivity index is 2.81. The first-order chi connectivity index (χ1) is 6.95. The number of benzene rings is 1. The number of methoxy groups -OCH3 is 1. The van der Waals surface area contributed by atoms with Crippen molar-refractivity contribution in [1.82, 2.24) is 0 Å². The maximum atomic E-state index is 13.4. The number of hydrogen-bond donors (Lipinski definition) is 0. The number of fused-ring (bicyclic) bond motifs is 1. The zero-order valence-electron chi connectivity index (χ0n) is 7.78. The lowest BCUT2D eigenvalue weighted by atomic mass is 10.1. The van der Waals surface area contributed by atoms with Crippen molar-refractivity contribution >= 4 is 15.6 Å². The topological polar surface area (TPSA) is 60.4 Å². The maximum absolute atomic E-state index is 13.4. The molecule has 1 aromatic rings. The highest BCUT2D eigenvalue weighted by atomic mass is 32.2. The molecule has 0 saturated carbocycles. The molecule has 0 unspecified atom stereocenters. The molecule has 0 N–H and O–H groups in total. The van der Waals surface area contributed by atoms with E-state index in [0.717, 1.165) is 6.07 Å². The van der Waals surface area contributed by atoms with Gasteiger partial charge in [-0.2, -0.15) is 0 Å². The molecule has 1 aliphatic heterocycles. The summed E-state index contributed by atoms with van der Waals surface area (Å²) in [5.41, 5.74) is -0.351. The van der Waals surface area contributed by atoms with Crippen LogP contribution in [0.4, 0.5) is 4.39 Å². The molecule has 0 amide bonds. The molecule has 6 heteroatoms. The molecule has 0 aliphatic carbocycles. The molecular weight excluding hydrogens is 223 g/mol. The van der Waals surface area contributed by atoms with Gasteiger partial charge >= 0.3 is 0 Å². The van der Waals surface area contributed by atoms with Gasteiger partial charge in [-0.15, -0.1) is 0 Å². The number of hydrogen-bond acceptors (Lipinski definition) is 4. The van der Waals surface area contributed by atoms with Crippen LogP contribution in [0.25, 0.3) is 0 Å². The number of ether oxygens (including phenoxy) is 1. The summed E-state index contributed by atoms with van der Waals surface area (Å²) in [6.45, 7) is 0. The van der Waals surface area contributed by atoms with Crippen LogP contribution in [0.15, 0.2) is 17.0 Å². The molecule has 0 atom stereocenters. The monoisotopic (exact) mass is 230 g/mol. The van der Waals surface area contributed by atoms with Crippen molar-refractivity contribution in [2.45, 2.75) is 4.90 Å². The van der Waals surface area contributed by atoms with Crippen LogP contribution in [-0.2, 0) is 9.84 Å². The Kier molecular flexibility index (Phi) is 2.04. The average Bonchev–Trinajstić information content (AvgIpc) is 2.37. The van der Waals surface area contributed by atoms with Crippen molar-refractivity contribution in [2.75, 3.05) is 12.9 Å². The number of carbonyl (C=O) groups is 1. The summed E-state index contributed by atoms with van der Waals surface area (Å²) in [5.74, 6) is -2.13. The second-order valence-corrected chi connectivity index (χ2v) is 5.12. The number of sulfone groups is 1. The summed E-state index contributed by atoms with van der Waals surface area (Å²) < 4.78 is 41.0. The van der Waals surface area contributed by atoms with E-state index >= 15 is 0 Å². The van der Waals surface area contributed by atoms with Crippen LogP contribution >= 0.6 is 0 Å². The number of rotatable bonds is 1. The van der Waals surface area contributed by atoms with Gasteiger partial charge in [0.25, 0.3) is 0 Å². The summed E-state index contributed by atoms with van der Waals surface area (Å²) in [6.07, 6.45) is 0. The summed E-state index contributed by atoms with van der Waals surface area (Å²) >= 11 is 0. The first-order valence-electron chi connectivity index (χ1n) is 4.09. The van der Waals surface area contributed by atoms with E-state index in [-0.39, 0.29) is 16.2 Å². The highest BCUT2D eigenvalue weighted by Crippen LogP contribution is 2.31. The summed E-state index contributed by atoms with van der Waals surface area (Å²) in [5, 5.41) is 0. The van der Waals surface area contributed by atoms with Crippen molar-refractivity contribution in [1.29, 1.82) is 0 Å². The van der Waals surface area contributed by atoms with Crippen molar-refractivity contribution < 1.29 is 22.3 Å². The fourth-order valence-electron chi connectivity index (χ4n) is 1.51. The van der Waals surface area contributed by atoms with E-state index in [1.165, 1.54) is 13.2 Å². The van der Waals surface area contributed by atoms with Gasteiger partial charge in [0.05, 0.1) is 17.6 Å². The molecule has 0 fully saturated rings. The molecule has 80 valence electrons. The Morgan fingerprint density at radius 2 is 2.07 bits per heavy atom. The summed E-state index contributed by atoms with van der Waals surface area (Å²) in [7, 11) is -2.38.